The molecular weight excluding hydrogens is 318 g/mol. The number of aromatic amines is 1. The maximum Gasteiger partial charge on any atom is 0.259 e. The topological polar surface area (TPSA) is 98.2 Å². The highest BCUT2D eigenvalue weighted by Gasteiger charge is 2.19. The van der Waals surface area contributed by atoms with Crippen molar-refractivity contribution < 1.29 is 15.0 Å². The SMILES string of the molecule is O=C(NC1=CCCC=C1)c1cn[nH]c1-c1cc(Cl)c(O)cc1O. The van der Waals surface area contributed by atoms with Gasteiger partial charge in [0, 0.05) is 17.3 Å². The van der Waals surface area contributed by atoms with Crippen LogP contribution >= 0.6 is 11.6 Å². The Hall–Kier alpha value is -2.73. The predicted molar refractivity (Wildman–Crippen MR) is 86.3 cm³/mol. The Balaban J connectivity index is 1.93. The van der Waals surface area contributed by atoms with Crippen molar-refractivity contribution in [2.75, 3.05) is 0 Å². The van der Waals surface area contributed by atoms with Crippen LogP contribution in [-0.4, -0.2) is 26.3 Å². The number of carbonyl (C=O) groups is 1. The van der Waals surface area contributed by atoms with Gasteiger partial charge in [-0.3, -0.25) is 9.89 Å². The molecule has 1 aromatic heterocycles. The van der Waals surface area contributed by atoms with Crippen LogP contribution in [0.3, 0.4) is 0 Å². The van der Waals surface area contributed by atoms with E-state index in [-0.39, 0.29) is 33.6 Å². The van der Waals surface area contributed by atoms with E-state index in [2.05, 4.69) is 15.5 Å². The molecule has 23 heavy (non-hydrogen) atoms. The molecule has 0 aliphatic heterocycles. The van der Waals surface area contributed by atoms with Crippen LogP contribution < -0.4 is 5.32 Å². The lowest BCUT2D eigenvalue weighted by Crippen LogP contribution is -2.22. The predicted octanol–water partition coefficient (Wildman–Crippen LogP) is 3.11. The number of allylic oxidation sites excluding steroid dienone is 3. The third kappa shape index (κ3) is 3.07. The molecule has 1 aromatic carbocycles. The molecule has 0 saturated carbocycles. The molecule has 2 aromatic rings. The summed E-state index contributed by atoms with van der Waals surface area (Å²) in [5.41, 5.74) is 1.59. The Morgan fingerprint density at radius 1 is 1.26 bits per heavy atom. The number of phenols is 2. The fourth-order valence-corrected chi connectivity index (χ4v) is 2.48. The van der Waals surface area contributed by atoms with Gasteiger partial charge in [0.05, 0.1) is 22.5 Å². The van der Waals surface area contributed by atoms with E-state index in [1.807, 2.05) is 18.2 Å². The second-order valence-electron chi connectivity index (χ2n) is 5.07. The number of benzene rings is 1. The first-order chi connectivity index (χ1) is 11.1. The van der Waals surface area contributed by atoms with Gasteiger partial charge in [-0.25, -0.2) is 0 Å². The maximum atomic E-state index is 12.4. The minimum absolute atomic E-state index is 0.0664. The lowest BCUT2D eigenvalue weighted by Gasteiger charge is -2.10. The summed E-state index contributed by atoms with van der Waals surface area (Å²) in [6.07, 6.45) is 8.97. The van der Waals surface area contributed by atoms with Gasteiger partial charge in [-0.1, -0.05) is 23.8 Å². The summed E-state index contributed by atoms with van der Waals surface area (Å²) >= 11 is 5.88. The van der Waals surface area contributed by atoms with E-state index >= 15 is 0 Å². The maximum absolute atomic E-state index is 12.4. The number of aromatic hydroxyl groups is 2. The third-order valence-electron chi connectivity index (χ3n) is 3.47. The molecule has 6 nitrogen and oxygen atoms in total. The molecule has 0 spiro atoms. The number of rotatable bonds is 3. The Morgan fingerprint density at radius 2 is 2.09 bits per heavy atom. The zero-order chi connectivity index (χ0) is 16.4. The molecule has 1 aliphatic carbocycles. The number of halogens is 1. The fourth-order valence-electron chi connectivity index (χ4n) is 2.32. The van der Waals surface area contributed by atoms with E-state index < -0.39 is 0 Å². The van der Waals surface area contributed by atoms with Crippen LogP contribution in [0.15, 0.2) is 42.3 Å². The molecule has 0 bridgehead atoms. The van der Waals surface area contributed by atoms with Gasteiger partial charge in [0.2, 0.25) is 0 Å². The molecule has 4 N–H and O–H groups in total. The normalized spacial score (nSPS) is 13.7. The Labute approximate surface area is 137 Å². The minimum Gasteiger partial charge on any atom is -0.507 e. The number of aromatic nitrogens is 2. The van der Waals surface area contributed by atoms with Crippen molar-refractivity contribution in [2.45, 2.75) is 12.8 Å². The molecule has 0 fully saturated rings. The van der Waals surface area contributed by atoms with Gasteiger partial charge in [0.15, 0.2) is 0 Å². The van der Waals surface area contributed by atoms with Crippen LogP contribution in [0.25, 0.3) is 11.3 Å². The molecule has 3 rings (SSSR count). The zero-order valence-corrected chi connectivity index (χ0v) is 12.8. The minimum atomic E-state index is -0.352. The van der Waals surface area contributed by atoms with Gasteiger partial charge in [0.25, 0.3) is 5.91 Å². The first-order valence-corrected chi connectivity index (χ1v) is 7.37. The Bertz CT molecular complexity index is 824. The summed E-state index contributed by atoms with van der Waals surface area (Å²) in [4.78, 5) is 12.4. The highest BCUT2D eigenvalue weighted by atomic mass is 35.5. The monoisotopic (exact) mass is 331 g/mol. The van der Waals surface area contributed by atoms with Crippen LogP contribution in [-0.2, 0) is 0 Å². The van der Waals surface area contributed by atoms with E-state index in [0.717, 1.165) is 24.6 Å². The van der Waals surface area contributed by atoms with Crippen molar-refractivity contribution in [1.82, 2.24) is 15.5 Å². The number of nitrogens with one attached hydrogen (secondary N) is 2. The molecule has 1 heterocycles. The average molecular weight is 332 g/mol. The molecular formula is C16H14ClN3O3. The van der Waals surface area contributed by atoms with Gasteiger partial charge >= 0.3 is 0 Å². The second-order valence-corrected chi connectivity index (χ2v) is 5.48. The summed E-state index contributed by atoms with van der Waals surface area (Å²) < 4.78 is 0. The average Bonchev–Trinajstić information content (AvgIpc) is 3.01. The van der Waals surface area contributed by atoms with E-state index in [1.54, 1.807) is 0 Å². The van der Waals surface area contributed by atoms with E-state index in [9.17, 15) is 15.0 Å². The first kappa shape index (κ1) is 15.2. The molecule has 1 aliphatic rings. The molecule has 0 unspecified atom stereocenters. The van der Waals surface area contributed by atoms with Crippen LogP contribution in [0.5, 0.6) is 11.5 Å². The molecule has 1 amide bonds. The third-order valence-corrected chi connectivity index (χ3v) is 3.77. The van der Waals surface area contributed by atoms with Crippen LogP contribution in [0.1, 0.15) is 23.2 Å². The number of carbonyl (C=O) groups excluding carboxylic acids is 1. The van der Waals surface area contributed by atoms with E-state index in [1.165, 1.54) is 12.3 Å². The number of phenolic OH excluding ortho intramolecular Hbond substituents is 2. The summed E-state index contributed by atoms with van der Waals surface area (Å²) in [6, 6.07) is 2.49. The Kier molecular flexibility index (Phi) is 4.08. The van der Waals surface area contributed by atoms with Crippen molar-refractivity contribution >= 4 is 17.5 Å². The molecule has 0 radical (unpaired) electrons. The first-order valence-electron chi connectivity index (χ1n) is 6.99. The number of amides is 1. The van der Waals surface area contributed by atoms with Gasteiger partial charge in [-0.05, 0) is 25.0 Å². The number of hydrogen-bond donors (Lipinski definition) is 4. The van der Waals surface area contributed by atoms with Crippen molar-refractivity contribution in [2.24, 2.45) is 0 Å². The lowest BCUT2D eigenvalue weighted by atomic mass is 10.1. The smallest absolute Gasteiger partial charge is 0.259 e. The van der Waals surface area contributed by atoms with Gasteiger partial charge in [0.1, 0.15) is 11.5 Å². The molecule has 0 saturated heterocycles. The van der Waals surface area contributed by atoms with Crippen molar-refractivity contribution in [3.05, 3.63) is 52.8 Å². The van der Waals surface area contributed by atoms with Gasteiger partial charge in [-0.2, -0.15) is 5.10 Å². The van der Waals surface area contributed by atoms with E-state index in [0.29, 0.717) is 5.69 Å². The zero-order valence-electron chi connectivity index (χ0n) is 12.0. The fraction of sp³-hybridized carbons (Fsp3) is 0.125. The number of hydrogen-bond acceptors (Lipinski definition) is 4. The molecule has 7 heteroatoms. The van der Waals surface area contributed by atoms with Crippen LogP contribution in [0, 0.1) is 0 Å². The summed E-state index contributed by atoms with van der Waals surface area (Å²) in [7, 11) is 0. The van der Waals surface area contributed by atoms with Gasteiger partial charge in [-0.15, -0.1) is 0 Å². The summed E-state index contributed by atoms with van der Waals surface area (Å²) in [6.45, 7) is 0. The standard InChI is InChI=1S/C16H14ClN3O3/c17-12-6-10(13(21)7-14(12)22)15-11(8-18-20-15)16(23)19-9-4-2-1-3-5-9/h2,4-8,21-22H,1,3H2,(H,18,20)(H,19,23). The van der Waals surface area contributed by atoms with Crippen LogP contribution in [0.2, 0.25) is 5.02 Å². The number of nitrogens with zero attached hydrogens (tertiary/aromatic N) is 1. The van der Waals surface area contributed by atoms with Crippen molar-refractivity contribution in [3.8, 4) is 22.8 Å². The second kappa shape index (κ2) is 6.18. The number of H-pyrrole nitrogens is 1. The quantitative estimate of drug-likeness (QED) is 0.694. The Morgan fingerprint density at radius 3 is 2.83 bits per heavy atom. The highest BCUT2D eigenvalue weighted by Crippen LogP contribution is 2.37. The lowest BCUT2D eigenvalue weighted by molar-refractivity contribution is 0.0967. The molecule has 0 atom stereocenters. The van der Waals surface area contributed by atoms with Crippen LogP contribution in [0.4, 0.5) is 0 Å². The van der Waals surface area contributed by atoms with Crippen molar-refractivity contribution in [3.63, 3.8) is 0 Å². The van der Waals surface area contributed by atoms with Gasteiger partial charge < -0.3 is 15.5 Å². The highest BCUT2D eigenvalue weighted by molar-refractivity contribution is 6.32. The van der Waals surface area contributed by atoms with Crippen molar-refractivity contribution in [1.29, 1.82) is 0 Å². The van der Waals surface area contributed by atoms with E-state index in [4.69, 9.17) is 11.6 Å². The summed E-state index contributed by atoms with van der Waals surface area (Å²) in [5, 5.41) is 28.9. The largest absolute Gasteiger partial charge is 0.507 e. The summed E-state index contributed by atoms with van der Waals surface area (Å²) in [5.74, 6) is -0.798. The molecule has 118 valence electrons.